The van der Waals surface area contributed by atoms with Gasteiger partial charge in [0.2, 0.25) is 0 Å². The molecule has 2 aromatic heterocycles. The molecule has 6 heteroatoms. The Morgan fingerprint density at radius 3 is 2.04 bits per heavy atom. The molecule has 5 rings (SSSR count). The molecule has 0 unspecified atom stereocenters. The maximum absolute atomic E-state index is 5.22. The largest absolute Gasteiger partial charge is 0.370 e. The molecule has 0 amide bonds. The van der Waals surface area contributed by atoms with Crippen molar-refractivity contribution in [3.63, 3.8) is 0 Å². The zero-order valence-electron chi connectivity index (χ0n) is 29.9. The first-order valence-electron chi connectivity index (χ1n) is 18.1. The molecule has 0 saturated heterocycles. The Kier molecular flexibility index (Phi) is 13.0. The van der Waals surface area contributed by atoms with Crippen LogP contribution in [0.25, 0.3) is 0 Å². The van der Waals surface area contributed by atoms with Crippen LogP contribution in [0.5, 0.6) is 0 Å². The molecule has 0 saturated carbocycles. The van der Waals surface area contributed by atoms with Crippen LogP contribution in [0.2, 0.25) is 31.4 Å². The Bertz CT molecular complexity index is 1330. The van der Waals surface area contributed by atoms with Crippen molar-refractivity contribution in [2.24, 2.45) is 0 Å². The summed E-state index contributed by atoms with van der Waals surface area (Å²) in [6.07, 6.45) is 15.9. The first kappa shape index (κ1) is 36.0. The van der Waals surface area contributed by atoms with E-state index in [1.165, 1.54) is 87.3 Å². The van der Waals surface area contributed by atoms with E-state index in [2.05, 4.69) is 112 Å². The number of anilines is 2. The predicted octanol–water partition coefficient (Wildman–Crippen LogP) is 10.1. The fraction of sp³-hybridized carbons (Fsp3) is 0.590. The quantitative estimate of drug-likeness (QED) is 0.178. The van der Waals surface area contributed by atoms with E-state index in [9.17, 15) is 0 Å². The molecule has 45 heavy (non-hydrogen) atoms. The second-order valence-electron chi connectivity index (χ2n) is 15.2. The molecule has 0 fully saturated rings. The Balaban J connectivity index is 0.000000240. The average molecular weight is 734 g/mol. The van der Waals surface area contributed by atoms with Gasteiger partial charge in [0.1, 0.15) is 5.82 Å². The van der Waals surface area contributed by atoms with E-state index in [-0.39, 0.29) is 0 Å². The van der Waals surface area contributed by atoms with Crippen molar-refractivity contribution in [3.8, 4) is 0 Å². The SMILES string of the molecule is CCC[CH2][Sn]([CH2]CCC)([CH2]CCC)[c]1cnc2c(c1)CCN2[Si](C)(C)C(C)(C)C.c1ccc(Cc2cnc3c(c2)CCN3)cc1. The number of unbranched alkanes of at least 4 members (excludes halogenated alkanes) is 3. The summed E-state index contributed by atoms with van der Waals surface area (Å²) in [6, 6.07) is 15.5. The topological polar surface area (TPSA) is 41.1 Å². The minimum atomic E-state index is -2.37. The van der Waals surface area contributed by atoms with Crippen LogP contribution in [0.3, 0.4) is 0 Å². The molecule has 1 aromatic carbocycles. The molecule has 246 valence electrons. The van der Waals surface area contributed by atoms with Gasteiger partial charge in [0.15, 0.2) is 0 Å². The molecular formula is C39H62N4SiSn. The molecule has 2 aliphatic rings. The summed E-state index contributed by atoms with van der Waals surface area (Å²) in [6.45, 7) is 21.7. The second kappa shape index (κ2) is 16.3. The van der Waals surface area contributed by atoms with Crippen molar-refractivity contribution in [2.75, 3.05) is 23.0 Å². The fourth-order valence-corrected chi connectivity index (χ4v) is 25.0. The number of fused-ring (bicyclic) bond motifs is 2. The number of nitrogens with one attached hydrogen (secondary N) is 1. The van der Waals surface area contributed by atoms with Crippen molar-refractivity contribution in [2.45, 2.75) is 131 Å². The molecule has 3 aromatic rings. The van der Waals surface area contributed by atoms with Gasteiger partial charge in [0.05, 0.1) is 0 Å². The van der Waals surface area contributed by atoms with Gasteiger partial charge >= 0.3 is 188 Å². The number of pyridine rings is 2. The van der Waals surface area contributed by atoms with E-state index < -0.39 is 26.6 Å². The zero-order chi connectivity index (χ0) is 32.5. The molecule has 0 bridgehead atoms. The third-order valence-corrected chi connectivity index (χ3v) is 31.9. The van der Waals surface area contributed by atoms with Crippen LogP contribution in [0.4, 0.5) is 11.6 Å². The van der Waals surface area contributed by atoms with Crippen molar-refractivity contribution >= 4 is 41.8 Å². The smallest absolute Gasteiger partial charge is 0.129 e. The van der Waals surface area contributed by atoms with E-state index in [4.69, 9.17) is 4.98 Å². The molecule has 4 nitrogen and oxygen atoms in total. The van der Waals surface area contributed by atoms with Gasteiger partial charge in [-0.15, -0.1) is 0 Å². The number of nitrogens with zero attached hydrogens (tertiary/aromatic N) is 3. The van der Waals surface area contributed by atoms with Crippen LogP contribution in [0.1, 0.15) is 102 Å². The Morgan fingerprint density at radius 2 is 1.44 bits per heavy atom. The van der Waals surface area contributed by atoms with E-state index in [0.29, 0.717) is 5.04 Å². The standard InChI is InChI=1S/C14H14N2.C13H21N2Si.3C4H9.Sn/c1-2-4-11(5-3-1)8-12-9-13-6-7-15-14(13)16-10-12;1-13(2,3)16(4,5)15-10-8-11-7-6-9-14-12(11)15;3*1-3-4-2;/h1-5,9-10H,6-8H2,(H,15,16);7,9H,8,10H2,1-5H3;3*1,3-4H2,2H3;. The van der Waals surface area contributed by atoms with Gasteiger partial charge < -0.3 is 5.32 Å². The third kappa shape index (κ3) is 8.94. The van der Waals surface area contributed by atoms with Crippen LogP contribution >= 0.6 is 0 Å². The number of benzene rings is 1. The molecule has 0 spiro atoms. The monoisotopic (exact) mass is 734 g/mol. The van der Waals surface area contributed by atoms with Gasteiger partial charge in [0, 0.05) is 12.7 Å². The summed E-state index contributed by atoms with van der Waals surface area (Å²) in [7, 11) is -1.56. The minimum Gasteiger partial charge on any atom is -0.370 e. The third-order valence-electron chi connectivity index (χ3n) is 10.9. The van der Waals surface area contributed by atoms with Crippen LogP contribution in [0.15, 0.2) is 54.9 Å². The maximum Gasteiger partial charge on any atom is 0.129 e. The van der Waals surface area contributed by atoms with Crippen LogP contribution in [-0.4, -0.2) is 49.7 Å². The fourth-order valence-electron chi connectivity index (χ4n) is 7.01. The van der Waals surface area contributed by atoms with E-state index in [1.54, 1.807) is 9.14 Å². The van der Waals surface area contributed by atoms with Crippen molar-refractivity contribution in [3.05, 3.63) is 77.1 Å². The Hall–Kier alpha value is -1.86. The molecule has 0 atom stereocenters. The van der Waals surface area contributed by atoms with Crippen molar-refractivity contribution in [1.82, 2.24) is 9.97 Å². The van der Waals surface area contributed by atoms with Crippen LogP contribution in [0, 0.1) is 0 Å². The van der Waals surface area contributed by atoms with Gasteiger partial charge in [-0.1, -0.05) is 36.4 Å². The van der Waals surface area contributed by atoms with Crippen LogP contribution < -0.4 is 13.5 Å². The molecule has 2 aliphatic heterocycles. The second-order valence-corrected chi connectivity index (χ2v) is 33.6. The molecule has 0 aliphatic carbocycles. The number of aromatic nitrogens is 2. The number of hydrogen-bond acceptors (Lipinski definition) is 4. The maximum atomic E-state index is 5.22. The number of hydrogen-bond donors (Lipinski definition) is 1. The van der Waals surface area contributed by atoms with Crippen LogP contribution in [-0.2, 0) is 19.3 Å². The van der Waals surface area contributed by atoms with E-state index in [0.717, 1.165) is 25.2 Å². The Labute approximate surface area is 281 Å². The van der Waals surface area contributed by atoms with Gasteiger partial charge in [0.25, 0.3) is 0 Å². The van der Waals surface area contributed by atoms with Gasteiger partial charge in [-0.2, -0.15) is 0 Å². The van der Waals surface area contributed by atoms with E-state index >= 15 is 0 Å². The zero-order valence-corrected chi connectivity index (χ0v) is 33.8. The van der Waals surface area contributed by atoms with Gasteiger partial charge in [-0.25, -0.2) is 4.98 Å². The van der Waals surface area contributed by atoms with Crippen molar-refractivity contribution in [1.29, 1.82) is 0 Å². The molecule has 4 heterocycles. The summed E-state index contributed by atoms with van der Waals surface area (Å²) in [5, 5.41) is 3.64. The predicted molar refractivity (Wildman–Crippen MR) is 203 cm³/mol. The molecule has 1 N–H and O–H groups in total. The normalized spacial score (nSPS) is 14.4. The first-order chi connectivity index (χ1) is 21.5. The van der Waals surface area contributed by atoms with Gasteiger partial charge in [-0.3, -0.25) is 0 Å². The summed E-state index contributed by atoms with van der Waals surface area (Å²) in [5.41, 5.74) is 5.56. The Morgan fingerprint density at radius 1 is 0.800 bits per heavy atom. The average Bonchev–Trinajstić information content (AvgIpc) is 3.68. The van der Waals surface area contributed by atoms with E-state index in [1.807, 2.05) is 12.3 Å². The summed E-state index contributed by atoms with van der Waals surface area (Å²) >= 11 is -2.37. The van der Waals surface area contributed by atoms with Crippen molar-refractivity contribution < 1.29 is 0 Å². The molecule has 0 radical (unpaired) electrons. The van der Waals surface area contributed by atoms with Gasteiger partial charge in [-0.05, 0) is 29.5 Å². The first-order valence-corrected chi connectivity index (χ1v) is 28.5. The molecular weight excluding hydrogens is 671 g/mol. The summed E-state index contributed by atoms with van der Waals surface area (Å²) in [5.74, 6) is 2.40. The number of rotatable bonds is 13. The minimum absolute atomic E-state index is 0.362. The summed E-state index contributed by atoms with van der Waals surface area (Å²) < 4.78 is 9.10. The summed E-state index contributed by atoms with van der Waals surface area (Å²) in [4.78, 5) is 9.67.